The van der Waals surface area contributed by atoms with Gasteiger partial charge in [-0.25, -0.2) is 0 Å². The molecule has 2 nitrogen and oxygen atoms in total. The summed E-state index contributed by atoms with van der Waals surface area (Å²) in [5.74, 6) is 1.59. The SMILES string of the molecule is CC1CCC(N(C)CC(C)CN)CC1. The Hall–Kier alpha value is -0.0800. The molecule has 0 spiro atoms. The van der Waals surface area contributed by atoms with Gasteiger partial charge in [-0.05, 0) is 51.1 Å². The number of rotatable bonds is 4. The fourth-order valence-electron chi connectivity index (χ4n) is 2.40. The monoisotopic (exact) mass is 198 g/mol. The summed E-state index contributed by atoms with van der Waals surface area (Å²) in [5.41, 5.74) is 5.65. The fraction of sp³-hybridized carbons (Fsp3) is 1.00. The zero-order chi connectivity index (χ0) is 10.6. The first-order valence-corrected chi connectivity index (χ1v) is 6.03. The second-order valence-corrected chi connectivity index (χ2v) is 5.19. The molecule has 1 atom stereocenters. The number of nitrogens with zero attached hydrogens (tertiary/aromatic N) is 1. The van der Waals surface area contributed by atoms with Crippen LogP contribution in [0.4, 0.5) is 0 Å². The molecule has 1 fully saturated rings. The molecule has 1 unspecified atom stereocenters. The Morgan fingerprint density at radius 1 is 1.29 bits per heavy atom. The Balaban J connectivity index is 2.26. The molecule has 2 N–H and O–H groups in total. The zero-order valence-corrected chi connectivity index (χ0v) is 10.00. The van der Waals surface area contributed by atoms with Crippen molar-refractivity contribution in [3.63, 3.8) is 0 Å². The third kappa shape index (κ3) is 3.58. The third-order valence-corrected chi connectivity index (χ3v) is 3.61. The minimum absolute atomic E-state index is 0.638. The van der Waals surface area contributed by atoms with Gasteiger partial charge in [-0.3, -0.25) is 0 Å². The molecule has 0 saturated heterocycles. The van der Waals surface area contributed by atoms with E-state index in [0.29, 0.717) is 5.92 Å². The summed E-state index contributed by atoms with van der Waals surface area (Å²) in [6.45, 7) is 6.59. The summed E-state index contributed by atoms with van der Waals surface area (Å²) < 4.78 is 0. The van der Waals surface area contributed by atoms with Crippen molar-refractivity contribution in [2.75, 3.05) is 20.1 Å². The van der Waals surface area contributed by atoms with Gasteiger partial charge in [0.1, 0.15) is 0 Å². The van der Waals surface area contributed by atoms with Crippen molar-refractivity contribution in [1.82, 2.24) is 4.90 Å². The minimum Gasteiger partial charge on any atom is -0.330 e. The van der Waals surface area contributed by atoms with E-state index in [9.17, 15) is 0 Å². The van der Waals surface area contributed by atoms with E-state index < -0.39 is 0 Å². The highest BCUT2D eigenvalue weighted by atomic mass is 15.1. The maximum Gasteiger partial charge on any atom is 0.00925 e. The molecule has 1 rings (SSSR count). The average molecular weight is 198 g/mol. The second-order valence-electron chi connectivity index (χ2n) is 5.19. The van der Waals surface area contributed by atoms with Gasteiger partial charge >= 0.3 is 0 Å². The third-order valence-electron chi connectivity index (χ3n) is 3.61. The highest BCUT2D eigenvalue weighted by Gasteiger charge is 2.22. The van der Waals surface area contributed by atoms with Crippen LogP contribution in [0, 0.1) is 11.8 Å². The molecule has 0 aromatic carbocycles. The van der Waals surface area contributed by atoms with Crippen molar-refractivity contribution in [1.29, 1.82) is 0 Å². The second kappa shape index (κ2) is 5.72. The lowest BCUT2D eigenvalue weighted by Gasteiger charge is -2.34. The van der Waals surface area contributed by atoms with Crippen LogP contribution in [0.1, 0.15) is 39.5 Å². The first-order valence-electron chi connectivity index (χ1n) is 6.03. The molecular formula is C12H26N2. The normalized spacial score (nSPS) is 30.6. The Bertz CT molecular complexity index is 150. The topological polar surface area (TPSA) is 29.3 Å². The van der Waals surface area contributed by atoms with E-state index in [1.165, 1.54) is 25.7 Å². The van der Waals surface area contributed by atoms with Gasteiger partial charge in [-0.15, -0.1) is 0 Å². The smallest absolute Gasteiger partial charge is 0.00925 e. The van der Waals surface area contributed by atoms with E-state index in [0.717, 1.165) is 25.0 Å². The van der Waals surface area contributed by atoms with E-state index in [2.05, 4.69) is 25.8 Å². The lowest BCUT2D eigenvalue weighted by atomic mass is 9.86. The first-order chi connectivity index (χ1) is 6.63. The Morgan fingerprint density at radius 2 is 1.86 bits per heavy atom. The fourth-order valence-corrected chi connectivity index (χ4v) is 2.40. The predicted molar refractivity (Wildman–Crippen MR) is 62.3 cm³/mol. The summed E-state index contributed by atoms with van der Waals surface area (Å²) in [7, 11) is 2.26. The molecule has 0 aromatic heterocycles. The van der Waals surface area contributed by atoms with Gasteiger partial charge in [-0.1, -0.05) is 13.8 Å². The van der Waals surface area contributed by atoms with Gasteiger partial charge in [0, 0.05) is 12.6 Å². The summed E-state index contributed by atoms with van der Waals surface area (Å²) in [5, 5.41) is 0. The molecule has 1 aliphatic rings. The van der Waals surface area contributed by atoms with Crippen molar-refractivity contribution < 1.29 is 0 Å². The van der Waals surface area contributed by atoms with E-state index in [-0.39, 0.29) is 0 Å². The van der Waals surface area contributed by atoms with Crippen molar-refractivity contribution >= 4 is 0 Å². The Morgan fingerprint density at radius 3 is 2.36 bits per heavy atom. The van der Waals surface area contributed by atoms with Gasteiger partial charge < -0.3 is 10.6 Å². The van der Waals surface area contributed by atoms with Crippen molar-refractivity contribution in [2.45, 2.75) is 45.6 Å². The van der Waals surface area contributed by atoms with Crippen molar-refractivity contribution in [3.05, 3.63) is 0 Å². The van der Waals surface area contributed by atoms with Crippen LogP contribution in [0.25, 0.3) is 0 Å². The van der Waals surface area contributed by atoms with Gasteiger partial charge in [0.25, 0.3) is 0 Å². The van der Waals surface area contributed by atoms with Crippen LogP contribution >= 0.6 is 0 Å². The van der Waals surface area contributed by atoms with Gasteiger partial charge in [0.05, 0.1) is 0 Å². The van der Waals surface area contributed by atoms with Crippen LogP contribution in [0.3, 0.4) is 0 Å². The van der Waals surface area contributed by atoms with E-state index in [1.54, 1.807) is 0 Å². The summed E-state index contributed by atoms with van der Waals surface area (Å²) in [4.78, 5) is 2.52. The van der Waals surface area contributed by atoms with Crippen LogP contribution < -0.4 is 5.73 Å². The molecule has 1 saturated carbocycles. The van der Waals surface area contributed by atoms with Crippen LogP contribution in [-0.4, -0.2) is 31.1 Å². The van der Waals surface area contributed by atoms with Crippen LogP contribution in [0.15, 0.2) is 0 Å². The molecule has 0 aromatic rings. The maximum atomic E-state index is 5.65. The molecule has 84 valence electrons. The average Bonchev–Trinajstić information content (AvgIpc) is 2.18. The highest BCUT2D eigenvalue weighted by Crippen LogP contribution is 2.26. The quantitative estimate of drug-likeness (QED) is 0.749. The predicted octanol–water partition coefficient (Wildman–Crippen LogP) is 2.09. The highest BCUT2D eigenvalue weighted by molar-refractivity contribution is 4.77. The molecule has 0 bridgehead atoms. The molecule has 0 heterocycles. The molecule has 0 amide bonds. The van der Waals surface area contributed by atoms with Crippen LogP contribution in [0.2, 0.25) is 0 Å². The zero-order valence-electron chi connectivity index (χ0n) is 10.00. The lowest BCUT2D eigenvalue weighted by Crippen LogP contribution is -2.38. The molecule has 0 aliphatic heterocycles. The molecule has 14 heavy (non-hydrogen) atoms. The summed E-state index contributed by atoms with van der Waals surface area (Å²) in [6.07, 6.45) is 5.59. The van der Waals surface area contributed by atoms with E-state index in [1.807, 2.05) is 0 Å². The first kappa shape index (κ1) is 12.0. The van der Waals surface area contributed by atoms with E-state index in [4.69, 9.17) is 5.73 Å². The van der Waals surface area contributed by atoms with Crippen LogP contribution in [0.5, 0.6) is 0 Å². The summed E-state index contributed by atoms with van der Waals surface area (Å²) in [6, 6.07) is 0.820. The molecule has 2 heteroatoms. The largest absolute Gasteiger partial charge is 0.330 e. The number of hydrogen-bond donors (Lipinski definition) is 1. The van der Waals surface area contributed by atoms with Crippen molar-refractivity contribution in [2.24, 2.45) is 17.6 Å². The van der Waals surface area contributed by atoms with Gasteiger partial charge in [0.15, 0.2) is 0 Å². The lowest BCUT2D eigenvalue weighted by molar-refractivity contribution is 0.154. The summed E-state index contributed by atoms with van der Waals surface area (Å²) >= 11 is 0. The van der Waals surface area contributed by atoms with Gasteiger partial charge in [-0.2, -0.15) is 0 Å². The molecule has 0 radical (unpaired) electrons. The van der Waals surface area contributed by atoms with Gasteiger partial charge in [0.2, 0.25) is 0 Å². The van der Waals surface area contributed by atoms with Crippen molar-refractivity contribution in [3.8, 4) is 0 Å². The Kier molecular flexibility index (Phi) is 4.90. The van der Waals surface area contributed by atoms with Crippen LogP contribution in [-0.2, 0) is 0 Å². The number of hydrogen-bond acceptors (Lipinski definition) is 2. The number of nitrogens with two attached hydrogens (primary N) is 1. The standard InChI is InChI=1S/C12H26N2/c1-10-4-6-12(7-5-10)14(3)9-11(2)8-13/h10-12H,4-9,13H2,1-3H3. The minimum atomic E-state index is 0.638. The Labute approximate surface area is 88.8 Å². The maximum absolute atomic E-state index is 5.65. The molecule has 1 aliphatic carbocycles. The van der Waals surface area contributed by atoms with E-state index >= 15 is 0 Å². The molecular weight excluding hydrogens is 172 g/mol.